The summed E-state index contributed by atoms with van der Waals surface area (Å²) in [7, 11) is 0. The van der Waals surface area contributed by atoms with Crippen LogP contribution in [0.15, 0.2) is 0 Å². The Morgan fingerprint density at radius 2 is 0.580 bits per heavy atom. The summed E-state index contributed by atoms with van der Waals surface area (Å²) in [6.07, 6.45) is -2.04. The number of ether oxygens (including phenoxy) is 3. The van der Waals surface area contributed by atoms with Gasteiger partial charge in [0.25, 0.3) is 0 Å². The lowest BCUT2D eigenvalue weighted by molar-refractivity contribution is -0.140. The number of carbonyl (C=O) groups is 6. The summed E-state index contributed by atoms with van der Waals surface area (Å²) < 4.78 is 16.5. The number of aliphatic hydroxyl groups excluding tert-OH is 3. The zero-order chi connectivity index (χ0) is 51.0. The average Bonchev–Trinajstić information content (AvgIpc) is 3.24. The van der Waals surface area contributed by atoms with Gasteiger partial charge in [-0.25, -0.2) is 0 Å². The fourth-order valence-corrected chi connectivity index (χ4v) is 7.98. The zero-order valence-electron chi connectivity index (χ0n) is 39.9. The van der Waals surface area contributed by atoms with Crippen LogP contribution < -0.4 is 0 Å². The lowest BCUT2D eigenvalue weighted by atomic mass is 10.2. The molecule has 2 aliphatic rings. The number of aliphatic carboxylic acids is 6. The van der Waals surface area contributed by atoms with Crippen LogP contribution in [0.25, 0.3) is 0 Å². The minimum absolute atomic E-state index is 0.0586. The van der Waals surface area contributed by atoms with Crippen molar-refractivity contribution < 1.29 is 88.9 Å². The number of rotatable bonds is 31. The molecule has 2 saturated heterocycles. The normalized spacial score (nSPS) is 19.5. The van der Waals surface area contributed by atoms with Crippen LogP contribution in [0.2, 0.25) is 0 Å². The second-order valence-electron chi connectivity index (χ2n) is 17.2. The summed E-state index contributed by atoms with van der Waals surface area (Å²) in [5.74, 6) is -6.37. The van der Waals surface area contributed by atoms with Crippen molar-refractivity contribution in [1.29, 1.82) is 0 Å². The van der Waals surface area contributed by atoms with Crippen LogP contribution in [-0.2, 0) is 43.0 Å². The topological polar surface area (TPSA) is 341 Å². The van der Waals surface area contributed by atoms with Crippen molar-refractivity contribution >= 4 is 35.8 Å². The van der Waals surface area contributed by atoms with E-state index in [1.807, 2.05) is 14.7 Å². The van der Waals surface area contributed by atoms with Crippen molar-refractivity contribution in [3.8, 4) is 0 Å². The van der Waals surface area contributed by atoms with Crippen molar-refractivity contribution in [3.63, 3.8) is 0 Å². The van der Waals surface area contributed by atoms with Crippen molar-refractivity contribution in [2.24, 2.45) is 0 Å². The van der Waals surface area contributed by atoms with Crippen LogP contribution in [0.3, 0.4) is 0 Å². The molecule has 2 rings (SSSR count). The highest BCUT2D eigenvalue weighted by atomic mass is 16.5. The number of carboxylic acid groups (broad SMARTS) is 6. The monoisotopic (exact) mass is 998 g/mol. The summed E-state index contributed by atoms with van der Waals surface area (Å²) in [5, 5.41) is 89.7. The van der Waals surface area contributed by atoms with E-state index in [4.69, 9.17) is 19.3 Å². The maximum absolute atomic E-state index is 11.8. The smallest absolute Gasteiger partial charge is 0.317 e. The highest BCUT2D eigenvalue weighted by molar-refractivity contribution is 5.70. The van der Waals surface area contributed by atoms with Gasteiger partial charge in [-0.1, -0.05) is 0 Å². The summed E-state index contributed by atoms with van der Waals surface area (Å²) in [6.45, 7) is 4.32. The van der Waals surface area contributed by atoms with E-state index in [-0.39, 0.29) is 184 Å². The first kappa shape index (κ1) is 61.3. The second-order valence-corrected chi connectivity index (χ2v) is 17.2. The zero-order valence-corrected chi connectivity index (χ0v) is 39.9. The molecule has 2 atom stereocenters. The Kier molecular flexibility index (Phi) is 32.2. The van der Waals surface area contributed by atoms with Gasteiger partial charge in [-0.15, -0.1) is 0 Å². The van der Waals surface area contributed by atoms with Gasteiger partial charge in [0.1, 0.15) is 0 Å². The lowest BCUT2D eigenvalue weighted by Gasteiger charge is -2.35. The lowest BCUT2D eigenvalue weighted by Crippen LogP contribution is -2.51. The SMILES string of the molecule is O=C(O)CN1CCN(CC(=O)O)CCN(CC(O)CN(CCOCCOCCOCCO)CC(O)CN2CCN(CC(=O)O)CCN(CC(=O)O)CCN(CC(=O)O)CC2)CCN(CC(=O)O)CC1. The summed E-state index contributed by atoms with van der Waals surface area (Å²) in [6, 6.07) is 0. The van der Waals surface area contributed by atoms with Gasteiger partial charge in [-0.3, -0.25) is 72.9 Å². The van der Waals surface area contributed by atoms with Crippen molar-refractivity contribution in [1.82, 2.24) is 44.1 Å². The Hall–Kier alpha value is -3.78. The minimum atomic E-state index is -1.06. The molecular weight excluding hydrogens is 919 g/mol. The number of nitrogens with zero attached hydrogens (tertiary/aromatic N) is 9. The molecule has 0 aliphatic carbocycles. The molecule has 27 nitrogen and oxygen atoms in total. The van der Waals surface area contributed by atoms with Crippen molar-refractivity contribution in [3.05, 3.63) is 0 Å². The Labute approximate surface area is 403 Å². The van der Waals surface area contributed by atoms with E-state index < -0.39 is 48.0 Å². The van der Waals surface area contributed by atoms with E-state index in [1.54, 1.807) is 29.4 Å². The molecule has 0 bridgehead atoms. The van der Waals surface area contributed by atoms with Gasteiger partial charge in [-0.05, 0) is 0 Å². The second kappa shape index (κ2) is 36.2. The maximum atomic E-state index is 11.8. The molecule has 9 N–H and O–H groups in total. The predicted molar refractivity (Wildman–Crippen MR) is 245 cm³/mol. The molecular formula is C42H79N9O18. The third-order valence-corrected chi connectivity index (χ3v) is 11.4. The Morgan fingerprint density at radius 3 is 0.812 bits per heavy atom. The average molecular weight is 998 g/mol. The Bertz CT molecular complexity index is 1340. The Morgan fingerprint density at radius 1 is 0.362 bits per heavy atom. The largest absolute Gasteiger partial charge is 0.480 e. The minimum Gasteiger partial charge on any atom is -0.480 e. The molecule has 0 aromatic carbocycles. The quantitative estimate of drug-likeness (QED) is 0.0292. The first-order chi connectivity index (χ1) is 32.9. The Balaban J connectivity index is 2.27. The number of hydrogen-bond donors (Lipinski definition) is 9. The fourth-order valence-electron chi connectivity index (χ4n) is 7.98. The standard InChI is InChI=1S/C42H79N9O18/c52-18-20-68-22-24-69-23-21-67-19-17-51(27-35(53)25-43-1-5-45(29-37(55)56)9-13-49(33-41(63)64)14-10-46(6-2-43)30-38(57)58)28-36(54)26-44-3-7-47(31-39(59)60)11-15-50(34-42(65)66)16-12-48(8-4-44)32-40(61)62/h35-36,52-54H,1-34H2,(H,55,56)(H,57,58)(H,59,60)(H,61,62)(H,63,64)(H,65,66). The third kappa shape index (κ3) is 31.9. The summed E-state index contributed by atoms with van der Waals surface area (Å²) in [5.41, 5.74) is 0. The van der Waals surface area contributed by atoms with Gasteiger partial charge < -0.3 is 60.2 Å². The van der Waals surface area contributed by atoms with Crippen molar-refractivity contribution in [2.45, 2.75) is 12.2 Å². The van der Waals surface area contributed by atoms with Crippen LogP contribution in [0.4, 0.5) is 0 Å². The van der Waals surface area contributed by atoms with Gasteiger partial charge in [0.15, 0.2) is 0 Å². The highest BCUT2D eigenvalue weighted by Crippen LogP contribution is 2.07. The summed E-state index contributed by atoms with van der Waals surface area (Å²) in [4.78, 5) is 86.0. The molecule has 0 amide bonds. The molecule has 0 saturated carbocycles. The predicted octanol–water partition coefficient (Wildman–Crippen LogP) is -6.00. The number of hydrogen-bond acceptors (Lipinski definition) is 21. The molecule has 0 aromatic heterocycles. The molecule has 0 aromatic rings. The fraction of sp³-hybridized carbons (Fsp3) is 0.857. The maximum Gasteiger partial charge on any atom is 0.317 e. The molecule has 27 heteroatoms. The number of carboxylic acids is 6. The van der Waals surface area contributed by atoms with Gasteiger partial charge in [0.2, 0.25) is 0 Å². The van der Waals surface area contributed by atoms with E-state index in [0.717, 1.165) is 0 Å². The molecule has 2 aliphatic heterocycles. The van der Waals surface area contributed by atoms with Gasteiger partial charge in [0.05, 0.1) is 97.7 Å². The number of aliphatic hydroxyl groups is 3. The van der Waals surface area contributed by atoms with Crippen LogP contribution in [0.5, 0.6) is 0 Å². The van der Waals surface area contributed by atoms with E-state index >= 15 is 0 Å². The molecule has 69 heavy (non-hydrogen) atoms. The van der Waals surface area contributed by atoms with Crippen LogP contribution in [-0.4, -0.2) is 361 Å². The molecule has 2 heterocycles. The first-order valence-electron chi connectivity index (χ1n) is 23.4. The van der Waals surface area contributed by atoms with Gasteiger partial charge >= 0.3 is 35.8 Å². The molecule has 2 unspecified atom stereocenters. The number of β-amino-alcohol motifs (C(OH)–C–C–N with tert-alkyl or cyclic N) is 2. The van der Waals surface area contributed by atoms with Crippen molar-refractivity contribution in [2.75, 3.05) is 223 Å². The first-order valence-corrected chi connectivity index (χ1v) is 23.4. The highest BCUT2D eigenvalue weighted by Gasteiger charge is 2.25. The van der Waals surface area contributed by atoms with Gasteiger partial charge in [-0.2, -0.15) is 0 Å². The van der Waals surface area contributed by atoms with E-state index in [1.165, 1.54) is 0 Å². The van der Waals surface area contributed by atoms with E-state index in [2.05, 4.69) is 0 Å². The van der Waals surface area contributed by atoms with E-state index in [0.29, 0.717) is 39.4 Å². The van der Waals surface area contributed by atoms with Gasteiger partial charge in [0, 0.05) is 137 Å². The molecule has 2 fully saturated rings. The van der Waals surface area contributed by atoms with E-state index in [9.17, 15) is 69.6 Å². The molecule has 0 spiro atoms. The molecule has 0 radical (unpaired) electrons. The summed E-state index contributed by atoms with van der Waals surface area (Å²) >= 11 is 0. The van der Waals surface area contributed by atoms with Crippen LogP contribution in [0.1, 0.15) is 0 Å². The van der Waals surface area contributed by atoms with Crippen LogP contribution >= 0.6 is 0 Å². The van der Waals surface area contributed by atoms with Crippen LogP contribution in [0, 0.1) is 0 Å². The molecule has 400 valence electrons. The third-order valence-electron chi connectivity index (χ3n) is 11.4.